The molecule has 0 spiro atoms. The fourth-order valence-corrected chi connectivity index (χ4v) is 3.79. The van der Waals surface area contributed by atoms with Crippen molar-refractivity contribution in [3.63, 3.8) is 0 Å². The van der Waals surface area contributed by atoms with Gasteiger partial charge in [0, 0.05) is 18.2 Å². The number of furan rings is 1. The van der Waals surface area contributed by atoms with E-state index in [4.69, 9.17) is 9.15 Å². The smallest absolute Gasteiger partial charge is 0.135 e. The van der Waals surface area contributed by atoms with Crippen LogP contribution in [0.1, 0.15) is 76.9 Å². The van der Waals surface area contributed by atoms with E-state index in [1.165, 1.54) is 5.56 Å². The molecule has 4 heteroatoms. The molecule has 0 saturated heterocycles. The second-order valence-electron chi connectivity index (χ2n) is 7.77. The molecule has 0 bridgehead atoms. The van der Waals surface area contributed by atoms with Gasteiger partial charge in [-0.2, -0.15) is 0 Å². The highest BCUT2D eigenvalue weighted by atomic mass is 16.5. The SMILES string of the molecule is CCCC(O)(CCC)c1ccc(CN(Cc2ccccc2OC)[C@@H](C)CC)o1. The number of benzene rings is 1. The molecule has 1 N–H and O–H groups in total. The molecule has 0 amide bonds. The van der Waals surface area contributed by atoms with Crippen molar-refractivity contribution in [1.82, 2.24) is 4.90 Å². The summed E-state index contributed by atoms with van der Waals surface area (Å²) in [6.45, 7) is 10.1. The molecule has 0 fully saturated rings. The standard InChI is InChI=1S/C24H37NO3/c1-6-15-24(26,16-7-2)23-14-13-21(28-23)18-25(19(4)8-3)17-20-11-9-10-12-22(20)27-5/h9-14,19,26H,6-8,15-18H2,1-5H3/t19-/m0/s1. The third-order valence-electron chi connectivity index (χ3n) is 5.59. The van der Waals surface area contributed by atoms with Crippen LogP contribution in [-0.2, 0) is 18.7 Å². The highest BCUT2D eigenvalue weighted by Crippen LogP contribution is 2.33. The molecule has 0 aliphatic rings. The number of nitrogens with zero attached hydrogens (tertiary/aromatic N) is 1. The highest BCUT2D eigenvalue weighted by molar-refractivity contribution is 5.33. The van der Waals surface area contributed by atoms with Gasteiger partial charge < -0.3 is 14.3 Å². The summed E-state index contributed by atoms with van der Waals surface area (Å²) in [5, 5.41) is 11.1. The lowest BCUT2D eigenvalue weighted by Gasteiger charge is -2.28. The molecule has 4 nitrogen and oxygen atoms in total. The van der Waals surface area contributed by atoms with Crippen LogP contribution < -0.4 is 4.74 Å². The fourth-order valence-electron chi connectivity index (χ4n) is 3.79. The van der Waals surface area contributed by atoms with E-state index >= 15 is 0 Å². The Balaban J connectivity index is 2.20. The number of methoxy groups -OCH3 is 1. The summed E-state index contributed by atoms with van der Waals surface area (Å²) in [6.07, 6.45) is 4.37. The summed E-state index contributed by atoms with van der Waals surface area (Å²) >= 11 is 0. The fraction of sp³-hybridized carbons (Fsp3) is 0.583. The van der Waals surface area contributed by atoms with Crippen LogP contribution in [-0.4, -0.2) is 23.2 Å². The molecule has 1 heterocycles. The van der Waals surface area contributed by atoms with Crippen LogP contribution in [0.5, 0.6) is 5.75 Å². The molecule has 0 radical (unpaired) electrons. The zero-order chi connectivity index (χ0) is 20.6. The summed E-state index contributed by atoms with van der Waals surface area (Å²) in [4.78, 5) is 2.40. The van der Waals surface area contributed by atoms with Crippen LogP contribution in [0.2, 0.25) is 0 Å². The first-order valence-electron chi connectivity index (χ1n) is 10.6. The van der Waals surface area contributed by atoms with Gasteiger partial charge in [0.1, 0.15) is 22.9 Å². The minimum absolute atomic E-state index is 0.406. The second kappa shape index (κ2) is 10.7. The zero-order valence-corrected chi connectivity index (χ0v) is 18.2. The summed E-state index contributed by atoms with van der Waals surface area (Å²) in [7, 11) is 1.72. The monoisotopic (exact) mass is 387 g/mol. The van der Waals surface area contributed by atoms with Gasteiger partial charge >= 0.3 is 0 Å². The molecule has 1 atom stereocenters. The number of hydrogen-bond acceptors (Lipinski definition) is 4. The number of rotatable bonds is 12. The summed E-state index contributed by atoms with van der Waals surface area (Å²) < 4.78 is 11.7. The van der Waals surface area contributed by atoms with Crippen molar-refractivity contribution >= 4 is 0 Å². The van der Waals surface area contributed by atoms with E-state index in [9.17, 15) is 5.11 Å². The van der Waals surface area contributed by atoms with Gasteiger partial charge in [0.15, 0.2) is 0 Å². The molecule has 2 rings (SSSR count). The van der Waals surface area contributed by atoms with Gasteiger partial charge in [-0.3, -0.25) is 4.90 Å². The Morgan fingerprint density at radius 1 is 1.04 bits per heavy atom. The lowest BCUT2D eigenvalue weighted by molar-refractivity contribution is -0.00544. The molecule has 1 aromatic carbocycles. The van der Waals surface area contributed by atoms with Crippen LogP contribution in [0, 0.1) is 0 Å². The maximum absolute atomic E-state index is 11.1. The van der Waals surface area contributed by atoms with Gasteiger partial charge in [0.2, 0.25) is 0 Å². The minimum atomic E-state index is -0.856. The van der Waals surface area contributed by atoms with Crippen LogP contribution in [0.15, 0.2) is 40.8 Å². The zero-order valence-electron chi connectivity index (χ0n) is 18.2. The Bertz CT molecular complexity index is 703. The highest BCUT2D eigenvalue weighted by Gasteiger charge is 2.31. The molecular weight excluding hydrogens is 350 g/mol. The quantitative estimate of drug-likeness (QED) is 0.494. The first-order chi connectivity index (χ1) is 13.5. The summed E-state index contributed by atoms with van der Waals surface area (Å²) in [5.41, 5.74) is 0.316. The van der Waals surface area contributed by atoms with Gasteiger partial charge in [-0.1, -0.05) is 51.8 Å². The van der Waals surface area contributed by atoms with E-state index in [2.05, 4.69) is 38.7 Å². The average Bonchev–Trinajstić information content (AvgIpc) is 3.17. The molecule has 28 heavy (non-hydrogen) atoms. The van der Waals surface area contributed by atoms with Gasteiger partial charge in [-0.05, 0) is 44.4 Å². The van der Waals surface area contributed by atoms with E-state index in [0.29, 0.717) is 18.3 Å². The first kappa shape index (κ1) is 22.5. The normalized spacial score (nSPS) is 13.1. The number of hydrogen-bond donors (Lipinski definition) is 1. The second-order valence-corrected chi connectivity index (χ2v) is 7.77. The lowest BCUT2D eigenvalue weighted by Crippen LogP contribution is -2.31. The van der Waals surface area contributed by atoms with Gasteiger partial charge in [-0.15, -0.1) is 0 Å². The van der Waals surface area contributed by atoms with Crippen molar-refractivity contribution in [1.29, 1.82) is 0 Å². The van der Waals surface area contributed by atoms with E-state index in [1.807, 2.05) is 30.3 Å². The average molecular weight is 388 g/mol. The van der Waals surface area contributed by atoms with Crippen molar-refractivity contribution in [3.8, 4) is 5.75 Å². The molecule has 0 aliphatic carbocycles. The third-order valence-corrected chi connectivity index (χ3v) is 5.59. The minimum Gasteiger partial charge on any atom is -0.496 e. The largest absolute Gasteiger partial charge is 0.496 e. The molecular formula is C24H37NO3. The van der Waals surface area contributed by atoms with Crippen molar-refractivity contribution in [2.75, 3.05) is 7.11 Å². The van der Waals surface area contributed by atoms with Crippen molar-refractivity contribution < 1.29 is 14.3 Å². The van der Waals surface area contributed by atoms with Crippen LogP contribution >= 0.6 is 0 Å². The van der Waals surface area contributed by atoms with Crippen LogP contribution in [0.4, 0.5) is 0 Å². The van der Waals surface area contributed by atoms with Gasteiger partial charge in [0.05, 0.1) is 13.7 Å². The third kappa shape index (κ3) is 5.62. The Labute approximate surface area is 170 Å². The Hall–Kier alpha value is -1.78. The maximum Gasteiger partial charge on any atom is 0.135 e. The summed E-state index contributed by atoms with van der Waals surface area (Å²) in [5.74, 6) is 2.51. The number of para-hydroxylation sites is 1. The topological polar surface area (TPSA) is 45.8 Å². The molecule has 0 saturated carbocycles. The Kier molecular flexibility index (Phi) is 8.58. The van der Waals surface area contributed by atoms with Crippen molar-refractivity contribution in [2.45, 2.75) is 84.5 Å². The van der Waals surface area contributed by atoms with Crippen molar-refractivity contribution in [3.05, 3.63) is 53.5 Å². The maximum atomic E-state index is 11.1. The Morgan fingerprint density at radius 3 is 2.32 bits per heavy atom. The predicted octanol–water partition coefficient (Wildman–Crippen LogP) is 5.88. The van der Waals surface area contributed by atoms with Crippen molar-refractivity contribution in [2.24, 2.45) is 0 Å². The lowest BCUT2D eigenvalue weighted by atomic mass is 9.90. The van der Waals surface area contributed by atoms with E-state index in [-0.39, 0.29) is 0 Å². The predicted molar refractivity (Wildman–Crippen MR) is 114 cm³/mol. The molecule has 0 unspecified atom stereocenters. The summed E-state index contributed by atoms with van der Waals surface area (Å²) in [6, 6.07) is 12.5. The van der Waals surface area contributed by atoms with E-state index in [0.717, 1.165) is 50.2 Å². The molecule has 156 valence electrons. The van der Waals surface area contributed by atoms with E-state index < -0.39 is 5.60 Å². The molecule has 2 aromatic rings. The van der Waals surface area contributed by atoms with Crippen LogP contribution in [0.3, 0.4) is 0 Å². The molecule has 1 aromatic heterocycles. The number of ether oxygens (including phenoxy) is 1. The molecule has 0 aliphatic heterocycles. The number of aliphatic hydroxyl groups is 1. The van der Waals surface area contributed by atoms with Gasteiger partial charge in [-0.25, -0.2) is 0 Å². The van der Waals surface area contributed by atoms with E-state index in [1.54, 1.807) is 7.11 Å². The van der Waals surface area contributed by atoms with Gasteiger partial charge in [0.25, 0.3) is 0 Å². The Morgan fingerprint density at radius 2 is 1.71 bits per heavy atom. The van der Waals surface area contributed by atoms with Crippen LogP contribution in [0.25, 0.3) is 0 Å². The first-order valence-corrected chi connectivity index (χ1v) is 10.6.